The molecule has 0 bridgehead atoms. The zero-order chi connectivity index (χ0) is 17.1. The van der Waals surface area contributed by atoms with Crippen molar-refractivity contribution >= 4 is 29.0 Å². The maximum Gasteiger partial charge on any atom is 0.299 e. The summed E-state index contributed by atoms with van der Waals surface area (Å²) >= 11 is 0. The monoisotopic (exact) mass is 321 g/mol. The van der Waals surface area contributed by atoms with E-state index < -0.39 is 5.97 Å². The van der Waals surface area contributed by atoms with E-state index in [1.165, 1.54) is 17.1 Å². The lowest BCUT2D eigenvalue weighted by Gasteiger charge is -2.14. The highest BCUT2D eigenvalue weighted by Crippen LogP contribution is 2.18. The van der Waals surface area contributed by atoms with E-state index >= 15 is 0 Å². The van der Waals surface area contributed by atoms with Crippen molar-refractivity contribution in [1.29, 1.82) is 0 Å². The maximum atomic E-state index is 12.4. The number of amides is 1. The van der Waals surface area contributed by atoms with Gasteiger partial charge in [0.1, 0.15) is 0 Å². The summed E-state index contributed by atoms with van der Waals surface area (Å²) in [7, 11) is 0. The number of hydrogen-bond donors (Lipinski definition) is 2. The van der Waals surface area contributed by atoms with Crippen molar-refractivity contribution in [3.8, 4) is 0 Å². The molecule has 1 aliphatic rings. The van der Waals surface area contributed by atoms with Crippen molar-refractivity contribution in [3.05, 3.63) is 72.4 Å². The summed E-state index contributed by atoms with van der Waals surface area (Å²) in [6.07, 6.45) is 0. The van der Waals surface area contributed by atoms with E-state index in [4.69, 9.17) is 0 Å². The van der Waals surface area contributed by atoms with Crippen molar-refractivity contribution in [3.63, 3.8) is 0 Å². The van der Waals surface area contributed by atoms with E-state index in [1.54, 1.807) is 24.3 Å². The molecule has 0 spiro atoms. The lowest BCUT2D eigenvalue weighted by Crippen LogP contribution is -2.34. The third-order valence-electron chi connectivity index (χ3n) is 3.35. The minimum Gasteiger partial charge on any atom is -0.545 e. The number of hydrazone groups is 1. The van der Waals surface area contributed by atoms with Gasteiger partial charge in [-0.1, -0.05) is 36.9 Å². The summed E-state index contributed by atoms with van der Waals surface area (Å²) in [6, 6.07) is 15.0. The van der Waals surface area contributed by atoms with Crippen LogP contribution in [0.25, 0.3) is 0 Å². The first-order valence-corrected chi connectivity index (χ1v) is 7.07. The van der Waals surface area contributed by atoms with Gasteiger partial charge in [0.2, 0.25) is 0 Å². The highest BCUT2D eigenvalue weighted by molar-refractivity contribution is 6.51. The average Bonchev–Trinajstić information content (AvgIpc) is 2.88. The fraction of sp³-hybridized carbons (Fsp3) is 0. The zero-order valence-corrected chi connectivity index (χ0v) is 12.5. The van der Waals surface area contributed by atoms with Gasteiger partial charge in [0.25, 0.3) is 5.91 Å². The first-order chi connectivity index (χ1) is 11.6. The van der Waals surface area contributed by atoms with Gasteiger partial charge in [-0.2, -0.15) is 5.10 Å². The van der Waals surface area contributed by atoms with Crippen molar-refractivity contribution in [2.75, 3.05) is 10.4 Å². The van der Waals surface area contributed by atoms with Gasteiger partial charge in [-0.25, -0.2) is 5.01 Å². The number of nitrogens with zero attached hydrogens (tertiary/aromatic N) is 2. The standard InChI is InChI=1S/C17H14N4O3/c1-11-15(16(22)21(20-11)14-8-3-2-4-9-14)19-18-13-7-5-6-12(10-13)17(23)24/h2-10,18,20H,1H2,(H,23,24)/p-1. The molecule has 0 unspecified atom stereocenters. The largest absolute Gasteiger partial charge is 0.545 e. The van der Waals surface area contributed by atoms with E-state index in [0.29, 0.717) is 17.1 Å². The average molecular weight is 321 g/mol. The Balaban J connectivity index is 1.81. The summed E-state index contributed by atoms with van der Waals surface area (Å²) in [5.74, 6) is -1.65. The molecule has 0 atom stereocenters. The lowest BCUT2D eigenvalue weighted by molar-refractivity contribution is -0.255. The summed E-state index contributed by atoms with van der Waals surface area (Å²) in [6.45, 7) is 3.77. The quantitative estimate of drug-likeness (QED) is 0.815. The molecule has 0 saturated carbocycles. The Bertz CT molecular complexity index is 846. The van der Waals surface area contributed by atoms with E-state index in [9.17, 15) is 14.7 Å². The molecule has 7 heteroatoms. The van der Waals surface area contributed by atoms with Crippen LogP contribution in [0.4, 0.5) is 11.4 Å². The fourth-order valence-corrected chi connectivity index (χ4v) is 2.18. The first kappa shape index (κ1) is 15.3. The van der Waals surface area contributed by atoms with Crippen LogP contribution in [0.3, 0.4) is 0 Å². The summed E-state index contributed by atoms with van der Waals surface area (Å²) in [5, 5.41) is 16.2. The molecule has 1 amide bonds. The van der Waals surface area contributed by atoms with Crippen molar-refractivity contribution in [1.82, 2.24) is 5.43 Å². The molecule has 0 aliphatic carbocycles. The Morgan fingerprint density at radius 2 is 1.92 bits per heavy atom. The Hall–Kier alpha value is -3.61. The van der Waals surface area contributed by atoms with Gasteiger partial charge in [0.05, 0.1) is 23.0 Å². The molecule has 1 fully saturated rings. The van der Waals surface area contributed by atoms with Crippen LogP contribution in [0.1, 0.15) is 10.4 Å². The number of carbonyl (C=O) groups excluding carboxylic acids is 2. The number of hydrogen-bond acceptors (Lipinski definition) is 6. The molecule has 2 aromatic carbocycles. The fourth-order valence-electron chi connectivity index (χ4n) is 2.18. The highest BCUT2D eigenvalue weighted by Gasteiger charge is 2.32. The van der Waals surface area contributed by atoms with Gasteiger partial charge in [-0.05, 0) is 29.8 Å². The molecule has 1 aliphatic heterocycles. The number of rotatable bonds is 4. The number of carboxylic acid groups (broad SMARTS) is 1. The SMILES string of the molecule is C=C1NN(c2ccccc2)C(=O)C1=NNc1cccc(C(=O)[O-])c1. The number of carboxylic acids is 1. The van der Waals surface area contributed by atoms with Crippen molar-refractivity contribution in [2.24, 2.45) is 5.10 Å². The summed E-state index contributed by atoms with van der Waals surface area (Å²) in [4.78, 5) is 23.3. The Kier molecular flexibility index (Phi) is 3.98. The molecular formula is C17H13N4O3-. The first-order valence-electron chi connectivity index (χ1n) is 7.07. The van der Waals surface area contributed by atoms with Gasteiger partial charge in [0, 0.05) is 0 Å². The molecule has 0 radical (unpaired) electrons. The molecule has 0 aromatic heterocycles. The number of para-hydroxylation sites is 1. The molecule has 7 nitrogen and oxygen atoms in total. The molecule has 1 heterocycles. The van der Waals surface area contributed by atoms with Crippen LogP contribution in [-0.4, -0.2) is 17.6 Å². The Morgan fingerprint density at radius 1 is 1.17 bits per heavy atom. The maximum absolute atomic E-state index is 12.4. The number of aromatic carboxylic acids is 1. The third-order valence-corrected chi connectivity index (χ3v) is 3.35. The Morgan fingerprint density at radius 3 is 2.62 bits per heavy atom. The van der Waals surface area contributed by atoms with Crippen molar-refractivity contribution < 1.29 is 14.7 Å². The van der Waals surface area contributed by atoms with Crippen LogP contribution in [0, 0.1) is 0 Å². The number of benzene rings is 2. The van der Waals surface area contributed by atoms with E-state index in [0.717, 1.165) is 0 Å². The van der Waals surface area contributed by atoms with Gasteiger partial charge in [-0.3, -0.25) is 15.6 Å². The van der Waals surface area contributed by atoms with Crippen LogP contribution in [-0.2, 0) is 4.79 Å². The second-order valence-corrected chi connectivity index (χ2v) is 5.01. The van der Waals surface area contributed by atoms with Crippen LogP contribution >= 0.6 is 0 Å². The van der Waals surface area contributed by atoms with Gasteiger partial charge >= 0.3 is 0 Å². The van der Waals surface area contributed by atoms with Crippen LogP contribution in [0.2, 0.25) is 0 Å². The van der Waals surface area contributed by atoms with Crippen LogP contribution in [0.15, 0.2) is 72.0 Å². The van der Waals surface area contributed by atoms with Crippen molar-refractivity contribution in [2.45, 2.75) is 0 Å². The molecule has 1 saturated heterocycles. The number of anilines is 2. The van der Waals surface area contributed by atoms with E-state index in [2.05, 4.69) is 22.5 Å². The molecular weight excluding hydrogens is 308 g/mol. The third kappa shape index (κ3) is 2.95. The van der Waals surface area contributed by atoms with Gasteiger partial charge < -0.3 is 9.90 Å². The molecule has 24 heavy (non-hydrogen) atoms. The zero-order valence-electron chi connectivity index (χ0n) is 12.5. The normalized spacial score (nSPS) is 15.5. The Labute approximate surface area is 137 Å². The minimum atomic E-state index is -1.29. The second-order valence-electron chi connectivity index (χ2n) is 5.01. The number of nitrogens with one attached hydrogen (secondary N) is 2. The van der Waals surface area contributed by atoms with Gasteiger partial charge in [0.15, 0.2) is 5.71 Å². The predicted molar refractivity (Wildman–Crippen MR) is 88.0 cm³/mol. The molecule has 120 valence electrons. The number of carbonyl (C=O) groups is 2. The molecule has 2 N–H and O–H groups in total. The molecule has 3 rings (SSSR count). The summed E-state index contributed by atoms with van der Waals surface area (Å²) < 4.78 is 0. The lowest BCUT2D eigenvalue weighted by atomic mass is 10.2. The molecule has 2 aromatic rings. The predicted octanol–water partition coefficient (Wildman–Crippen LogP) is 0.883. The minimum absolute atomic E-state index is 0.0146. The smallest absolute Gasteiger partial charge is 0.299 e. The van der Waals surface area contributed by atoms with Crippen LogP contribution in [0.5, 0.6) is 0 Å². The summed E-state index contributed by atoms with van der Waals surface area (Å²) in [5.41, 5.74) is 7.06. The van der Waals surface area contributed by atoms with Gasteiger partial charge in [-0.15, -0.1) is 0 Å². The topological polar surface area (TPSA) is 96.9 Å². The van der Waals surface area contributed by atoms with Crippen LogP contribution < -0.4 is 21.0 Å². The van der Waals surface area contributed by atoms with E-state index in [1.807, 2.05) is 18.2 Å². The second kappa shape index (κ2) is 6.25. The van der Waals surface area contributed by atoms with E-state index in [-0.39, 0.29) is 17.2 Å². The highest BCUT2D eigenvalue weighted by atomic mass is 16.4. The number of hydrazine groups is 1.